The van der Waals surface area contributed by atoms with Gasteiger partial charge in [0.2, 0.25) is 0 Å². The molecule has 0 spiro atoms. The van der Waals surface area contributed by atoms with Crippen LogP contribution in [0.4, 0.5) is 0 Å². The Morgan fingerprint density at radius 1 is 1.33 bits per heavy atom. The van der Waals surface area contributed by atoms with Crippen LogP contribution < -0.4 is 10.2 Å². The van der Waals surface area contributed by atoms with Gasteiger partial charge in [-0.1, -0.05) is 29.8 Å². The van der Waals surface area contributed by atoms with Crippen molar-refractivity contribution < 1.29 is 4.74 Å². The maximum absolute atomic E-state index is 6.07. The Labute approximate surface area is 117 Å². The van der Waals surface area contributed by atoms with Crippen LogP contribution in [0.15, 0.2) is 36.2 Å². The molecule has 0 saturated carbocycles. The van der Waals surface area contributed by atoms with Crippen LogP contribution in [0, 0.1) is 6.92 Å². The minimum Gasteiger partial charge on any atom is -0.486 e. The van der Waals surface area contributed by atoms with Gasteiger partial charge in [0.25, 0.3) is 0 Å². The number of hydrazine groups is 1. The van der Waals surface area contributed by atoms with Gasteiger partial charge in [-0.05, 0) is 30.7 Å². The number of ether oxygens (including phenoxy) is 1. The number of hydrogen-bond acceptors (Lipinski definition) is 3. The fourth-order valence-electron chi connectivity index (χ4n) is 1.59. The molecule has 18 heavy (non-hydrogen) atoms. The summed E-state index contributed by atoms with van der Waals surface area (Å²) in [7, 11) is 1.89. The summed E-state index contributed by atoms with van der Waals surface area (Å²) < 4.78 is 5.66. The highest BCUT2D eigenvalue weighted by Crippen LogP contribution is 2.31. The number of likely N-dealkylation sites (N-methyl/N-ethyl adjacent to an activating group) is 1. The highest BCUT2D eigenvalue weighted by atomic mass is 35.5. The molecule has 5 heteroatoms. The smallest absolute Gasteiger partial charge is 0.138 e. The monoisotopic (exact) mass is 284 g/mol. The predicted molar refractivity (Wildman–Crippen MR) is 74.8 cm³/mol. The van der Waals surface area contributed by atoms with Crippen LogP contribution in [0.5, 0.6) is 5.75 Å². The Hall–Kier alpha value is -1.32. The molecule has 1 aromatic rings. The zero-order chi connectivity index (χ0) is 13.3. The van der Waals surface area contributed by atoms with Gasteiger partial charge in [0.1, 0.15) is 12.4 Å². The lowest BCUT2D eigenvalue weighted by molar-refractivity contribution is 0.306. The average Bonchev–Trinajstić information content (AvgIpc) is 2.62. The fourth-order valence-corrected chi connectivity index (χ4v) is 2.03. The van der Waals surface area contributed by atoms with E-state index in [0.29, 0.717) is 22.4 Å². The van der Waals surface area contributed by atoms with E-state index in [1.165, 1.54) is 0 Å². The molecular weight excluding hydrogens is 271 g/mol. The Balaban J connectivity index is 2.05. The van der Waals surface area contributed by atoms with E-state index in [2.05, 4.69) is 12.0 Å². The number of allylic oxidation sites excluding steroid dienone is 1. The Bertz CT molecular complexity index is 526. The van der Waals surface area contributed by atoms with Gasteiger partial charge in [0.05, 0.1) is 16.4 Å². The van der Waals surface area contributed by atoms with Crippen molar-refractivity contribution in [2.45, 2.75) is 6.92 Å². The van der Waals surface area contributed by atoms with Crippen molar-refractivity contribution in [3.05, 3.63) is 51.8 Å². The Kier molecular flexibility index (Phi) is 3.73. The minimum atomic E-state index is 0.407. The van der Waals surface area contributed by atoms with Crippen LogP contribution in [0.1, 0.15) is 5.56 Å². The number of hydrogen-bond donors (Lipinski definition) is 1. The molecule has 0 radical (unpaired) electrons. The summed E-state index contributed by atoms with van der Waals surface area (Å²) in [5.41, 5.74) is 5.89. The normalized spacial score (nSPS) is 14.6. The quantitative estimate of drug-likeness (QED) is 0.919. The van der Waals surface area contributed by atoms with Gasteiger partial charge >= 0.3 is 0 Å². The minimum absolute atomic E-state index is 0.407. The second-order valence-corrected chi connectivity index (χ2v) is 4.97. The summed E-state index contributed by atoms with van der Waals surface area (Å²) in [6.07, 6.45) is 1.93. The fraction of sp³-hybridized carbons (Fsp3) is 0.231. The van der Waals surface area contributed by atoms with E-state index in [9.17, 15) is 0 Å². The third-order valence-electron chi connectivity index (χ3n) is 2.68. The molecule has 1 aromatic carbocycles. The molecule has 1 aliphatic rings. The lowest BCUT2D eigenvalue weighted by atomic mass is 10.2. The molecule has 0 unspecified atom stereocenters. The Morgan fingerprint density at radius 3 is 2.67 bits per heavy atom. The first-order chi connectivity index (χ1) is 8.47. The molecule has 96 valence electrons. The number of nitrogens with zero attached hydrogens (tertiary/aromatic N) is 1. The molecule has 0 aliphatic carbocycles. The maximum atomic E-state index is 6.07. The molecule has 0 atom stereocenters. The van der Waals surface area contributed by atoms with Crippen LogP contribution >= 0.6 is 23.2 Å². The topological polar surface area (TPSA) is 24.5 Å². The van der Waals surface area contributed by atoms with Crippen molar-refractivity contribution in [3.63, 3.8) is 0 Å². The first-order valence-corrected chi connectivity index (χ1v) is 6.21. The van der Waals surface area contributed by atoms with Crippen molar-refractivity contribution in [1.82, 2.24) is 10.4 Å². The van der Waals surface area contributed by atoms with Gasteiger partial charge in [-0.3, -0.25) is 10.4 Å². The largest absolute Gasteiger partial charge is 0.486 e. The molecule has 0 bridgehead atoms. The highest BCUT2D eigenvalue weighted by molar-refractivity contribution is 6.35. The number of aryl methyl sites for hydroxylation is 1. The second kappa shape index (κ2) is 5.12. The summed E-state index contributed by atoms with van der Waals surface area (Å²) in [5, 5.41) is 2.97. The predicted octanol–water partition coefficient (Wildman–Crippen LogP) is 3.53. The van der Waals surface area contributed by atoms with Crippen LogP contribution in [0.2, 0.25) is 10.0 Å². The third kappa shape index (κ3) is 2.74. The molecule has 2 rings (SSSR count). The second-order valence-electron chi connectivity index (χ2n) is 4.15. The zero-order valence-electron chi connectivity index (χ0n) is 10.3. The number of benzene rings is 1. The summed E-state index contributed by atoms with van der Waals surface area (Å²) in [5.74, 6) is 0.626. The van der Waals surface area contributed by atoms with E-state index >= 15 is 0 Å². The lowest BCUT2D eigenvalue weighted by Gasteiger charge is -2.15. The van der Waals surface area contributed by atoms with E-state index in [-0.39, 0.29) is 0 Å². The maximum Gasteiger partial charge on any atom is 0.138 e. The summed E-state index contributed by atoms with van der Waals surface area (Å²) in [6.45, 7) is 6.19. The van der Waals surface area contributed by atoms with Crippen molar-refractivity contribution in [3.8, 4) is 5.75 Å². The highest BCUT2D eigenvalue weighted by Gasteiger charge is 2.13. The first-order valence-electron chi connectivity index (χ1n) is 5.45. The molecule has 1 aliphatic heterocycles. The number of nitrogens with one attached hydrogen (secondary N) is 1. The van der Waals surface area contributed by atoms with E-state index in [1.807, 2.05) is 31.1 Å². The van der Waals surface area contributed by atoms with Crippen LogP contribution in [-0.4, -0.2) is 18.7 Å². The molecule has 0 aromatic heterocycles. The average molecular weight is 285 g/mol. The van der Waals surface area contributed by atoms with Gasteiger partial charge in [-0.2, -0.15) is 0 Å². The SMILES string of the molecule is C=C1C=C(COc2cc(C)c(Cl)cc2Cl)NN1C. The number of halogens is 2. The first kappa shape index (κ1) is 13.1. The third-order valence-corrected chi connectivity index (χ3v) is 3.38. The lowest BCUT2D eigenvalue weighted by Crippen LogP contribution is -2.28. The standard InChI is InChI=1S/C13H14Cl2N2O/c1-8-4-13(12(15)6-11(8)14)18-7-10-5-9(2)17(3)16-10/h4-6,16H,2,7H2,1,3H3. The van der Waals surface area contributed by atoms with Crippen molar-refractivity contribution >= 4 is 23.2 Å². The van der Waals surface area contributed by atoms with Crippen LogP contribution in [-0.2, 0) is 0 Å². The molecule has 0 amide bonds. The van der Waals surface area contributed by atoms with E-state index < -0.39 is 0 Å². The summed E-state index contributed by atoms with van der Waals surface area (Å²) in [4.78, 5) is 0. The van der Waals surface area contributed by atoms with Crippen LogP contribution in [0.3, 0.4) is 0 Å². The Morgan fingerprint density at radius 2 is 2.06 bits per heavy atom. The molecule has 0 saturated heterocycles. The van der Waals surface area contributed by atoms with E-state index in [0.717, 1.165) is 17.0 Å². The van der Waals surface area contributed by atoms with Crippen LogP contribution in [0.25, 0.3) is 0 Å². The zero-order valence-corrected chi connectivity index (χ0v) is 11.8. The van der Waals surface area contributed by atoms with Crippen molar-refractivity contribution in [2.75, 3.05) is 13.7 Å². The van der Waals surface area contributed by atoms with Gasteiger partial charge in [0.15, 0.2) is 0 Å². The molecule has 1 heterocycles. The molecule has 1 N–H and O–H groups in total. The molecule has 3 nitrogen and oxygen atoms in total. The van der Waals surface area contributed by atoms with Crippen molar-refractivity contribution in [2.24, 2.45) is 0 Å². The van der Waals surface area contributed by atoms with Gasteiger partial charge in [-0.15, -0.1) is 0 Å². The summed E-state index contributed by atoms with van der Waals surface area (Å²) >= 11 is 12.0. The molecule has 0 fully saturated rings. The number of rotatable bonds is 3. The van der Waals surface area contributed by atoms with E-state index in [4.69, 9.17) is 27.9 Å². The summed E-state index contributed by atoms with van der Waals surface area (Å²) in [6, 6.07) is 3.52. The van der Waals surface area contributed by atoms with Gasteiger partial charge in [-0.25, -0.2) is 0 Å². The van der Waals surface area contributed by atoms with Gasteiger partial charge < -0.3 is 4.74 Å². The van der Waals surface area contributed by atoms with Gasteiger partial charge in [0, 0.05) is 12.1 Å². The van der Waals surface area contributed by atoms with E-state index in [1.54, 1.807) is 6.07 Å². The van der Waals surface area contributed by atoms with Crippen molar-refractivity contribution in [1.29, 1.82) is 0 Å². The molecular formula is C13H14Cl2N2O.